The number of pyridine rings is 1. The van der Waals surface area contributed by atoms with Gasteiger partial charge in [-0.25, -0.2) is 0 Å². The lowest BCUT2D eigenvalue weighted by molar-refractivity contribution is -0.141. The summed E-state index contributed by atoms with van der Waals surface area (Å²) < 4.78 is 0. The molecular formula is C18H16N2O3. The maximum absolute atomic E-state index is 12.0. The molecule has 1 aliphatic heterocycles. The number of carbonyl (C=O) groups excluding carboxylic acids is 1. The average Bonchev–Trinajstić information content (AvgIpc) is 2.96. The molecule has 1 N–H and O–H groups in total. The number of nitrogens with zero attached hydrogens (tertiary/aromatic N) is 2. The topological polar surface area (TPSA) is 70.5 Å². The molecule has 1 amide bonds. The van der Waals surface area contributed by atoms with Crippen LogP contribution in [0.1, 0.15) is 17.7 Å². The number of aliphatic carboxylic acids is 1. The van der Waals surface area contributed by atoms with Crippen molar-refractivity contribution in [2.45, 2.75) is 6.42 Å². The van der Waals surface area contributed by atoms with Gasteiger partial charge in [0.15, 0.2) is 0 Å². The maximum Gasteiger partial charge on any atom is 0.308 e. The van der Waals surface area contributed by atoms with E-state index in [-0.39, 0.29) is 18.9 Å². The Hall–Kier alpha value is -2.95. The molecule has 2 aromatic rings. The monoisotopic (exact) mass is 308 g/mol. The number of aromatic nitrogens is 1. The second-order valence-corrected chi connectivity index (χ2v) is 5.43. The lowest BCUT2D eigenvalue weighted by Gasteiger charge is -2.16. The molecule has 1 aromatic heterocycles. The number of benzene rings is 1. The van der Waals surface area contributed by atoms with Gasteiger partial charge in [0.05, 0.1) is 11.6 Å². The molecule has 2 heterocycles. The molecule has 3 rings (SSSR count). The van der Waals surface area contributed by atoms with E-state index in [0.29, 0.717) is 0 Å². The standard InChI is InChI=1S/C18H16N2O3/c21-17-11-14(18(22)23)12-20(17)16-6-3-4-13(10-16)7-8-15-5-1-2-9-19-15/h1-10,14H,11-12H2,(H,22,23)/b8-7+/t14-/m0/s1. The van der Waals surface area contributed by atoms with Gasteiger partial charge in [0, 0.05) is 24.8 Å². The summed E-state index contributed by atoms with van der Waals surface area (Å²) in [5, 5.41) is 9.06. The fourth-order valence-electron chi connectivity index (χ4n) is 2.58. The molecule has 0 unspecified atom stereocenters. The Bertz CT molecular complexity index is 756. The molecule has 0 bridgehead atoms. The van der Waals surface area contributed by atoms with E-state index in [9.17, 15) is 9.59 Å². The van der Waals surface area contributed by atoms with E-state index < -0.39 is 11.9 Å². The first-order valence-corrected chi connectivity index (χ1v) is 7.36. The Morgan fingerprint density at radius 1 is 1.22 bits per heavy atom. The molecule has 1 saturated heterocycles. The van der Waals surface area contributed by atoms with E-state index >= 15 is 0 Å². The van der Waals surface area contributed by atoms with Gasteiger partial charge in [-0.1, -0.05) is 24.3 Å². The minimum atomic E-state index is -0.924. The van der Waals surface area contributed by atoms with Gasteiger partial charge in [-0.15, -0.1) is 0 Å². The first-order valence-electron chi connectivity index (χ1n) is 7.36. The van der Waals surface area contributed by atoms with Crippen LogP contribution < -0.4 is 4.90 Å². The maximum atomic E-state index is 12.0. The highest BCUT2D eigenvalue weighted by Gasteiger charge is 2.34. The van der Waals surface area contributed by atoms with E-state index in [2.05, 4.69) is 4.98 Å². The van der Waals surface area contributed by atoms with Gasteiger partial charge < -0.3 is 10.0 Å². The molecule has 0 aliphatic carbocycles. The highest BCUT2D eigenvalue weighted by Crippen LogP contribution is 2.26. The normalized spacial score (nSPS) is 17.8. The fourth-order valence-corrected chi connectivity index (χ4v) is 2.58. The van der Waals surface area contributed by atoms with E-state index in [0.717, 1.165) is 16.9 Å². The first-order chi connectivity index (χ1) is 11.1. The van der Waals surface area contributed by atoms with Crippen molar-refractivity contribution in [1.29, 1.82) is 0 Å². The third kappa shape index (κ3) is 3.45. The number of carbonyl (C=O) groups is 2. The third-order valence-electron chi connectivity index (χ3n) is 3.79. The van der Waals surface area contributed by atoms with Crippen LogP contribution in [0.3, 0.4) is 0 Å². The summed E-state index contributed by atoms with van der Waals surface area (Å²) >= 11 is 0. The second-order valence-electron chi connectivity index (χ2n) is 5.43. The fraction of sp³-hybridized carbons (Fsp3) is 0.167. The zero-order chi connectivity index (χ0) is 16.2. The summed E-state index contributed by atoms with van der Waals surface area (Å²) in [7, 11) is 0. The van der Waals surface area contributed by atoms with E-state index in [1.165, 1.54) is 4.90 Å². The first kappa shape index (κ1) is 15.0. The minimum absolute atomic E-state index is 0.0589. The lowest BCUT2D eigenvalue weighted by atomic mass is 10.1. The summed E-state index contributed by atoms with van der Waals surface area (Å²) in [6.07, 6.45) is 5.60. The summed E-state index contributed by atoms with van der Waals surface area (Å²) in [6.45, 7) is 0.224. The van der Waals surface area contributed by atoms with Gasteiger partial charge in [0.1, 0.15) is 0 Å². The van der Waals surface area contributed by atoms with Gasteiger partial charge in [-0.2, -0.15) is 0 Å². The third-order valence-corrected chi connectivity index (χ3v) is 3.79. The van der Waals surface area contributed by atoms with Crippen molar-refractivity contribution in [2.75, 3.05) is 11.4 Å². The predicted molar refractivity (Wildman–Crippen MR) is 87.7 cm³/mol. The summed E-state index contributed by atoms with van der Waals surface area (Å²) in [6, 6.07) is 13.2. The Morgan fingerprint density at radius 2 is 2.09 bits per heavy atom. The molecule has 1 fully saturated rings. The largest absolute Gasteiger partial charge is 0.481 e. The zero-order valence-electron chi connectivity index (χ0n) is 12.4. The van der Waals surface area contributed by atoms with Crippen LogP contribution in [-0.4, -0.2) is 28.5 Å². The predicted octanol–water partition coefficient (Wildman–Crippen LogP) is 2.69. The SMILES string of the molecule is O=C(O)[C@H]1CC(=O)N(c2cccc(/C=C/c3ccccn3)c2)C1. The summed E-state index contributed by atoms with van der Waals surface area (Å²) in [4.78, 5) is 28.8. The summed E-state index contributed by atoms with van der Waals surface area (Å²) in [5.41, 5.74) is 2.50. The molecule has 5 nitrogen and oxygen atoms in total. The van der Waals surface area contributed by atoms with Crippen molar-refractivity contribution in [3.8, 4) is 0 Å². The Kier molecular flexibility index (Phi) is 4.19. The minimum Gasteiger partial charge on any atom is -0.481 e. The Balaban J connectivity index is 1.79. The molecule has 5 heteroatoms. The average molecular weight is 308 g/mol. The van der Waals surface area contributed by atoms with E-state index in [4.69, 9.17) is 5.11 Å². The molecule has 1 atom stereocenters. The van der Waals surface area contributed by atoms with Crippen molar-refractivity contribution in [2.24, 2.45) is 5.92 Å². The molecule has 23 heavy (non-hydrogen) atoms. The van der Waals surface area contributed by atoms with Crippen LogP contribution in [0.5, 0.6) is 0 Å². The van der Waals surface area contributed by atoms with Gasteiger partial charge in [-0.05, 0) is 35.9 Å². The van der Waals surface area contributed by atoms with Crippen LogP contribution in [0.25, 0.3) is 12.2 Å². The zero-order valence-corrected chi connectivity index (χ0v) is 12.4. The quantitative estimate of drug-likeness (QED) is 0.942. The summed E-state index contributed by atoms with van der Waals surface area (Å²) in [5.74, 6) is -1.70. The Labute approximate surface area is 133 Å². The molecule has 0 radical (unpaired) electrons. The number of rotatable bonds is 4. The van der Waals surface area contributed by atoms with Crippen LogP contribution in [0.4, 0.5) is 5.69 Å². The number of hydrogen-bond acceptors (Lipinski definition) is 3. The van der Waals surface area contributed by atoms with Crippen LogP contribution in [0.15, 0.2) is 48.7 Å². The van der Waals surface area contributed by atoms with Crippen molar-refractivity contribution < 1.29 is 14.7 Å². The molecule has 0 spiro atoms. The highest BCUT2D eigenvalue weighted by atomic mass is 16.4. The highest BCUT2D eigenvalue weighted by molar-refractivity contribution is 5.99. The van der Waals surface area contributed by atoms with Crippen molar-refractivity contribution in [1.82, 2.24) is 4.98 Å². The van der Waals surface area contributed by atoms with Crippen molar-refractivity contribution in [3.05, 3.63) is 59.9 Å². The van der Waals surface area contributed by atoms with Crippen LogP contribution >= 0.6 is 0 Å². The lowest BCUT2D eigenvalue weighted by Crippen LogP contribution is -2.25. The van der Waals surface area contributed by atoms with Gasteiger partial charge in [0.2, 0.25) is 5.91 Å². The molecule has 1 aromatic carbocycles. The molecule has 116 valence electrons. The van der Waals surface area contributed by atoms with E-state index in [1.54, 1.807) is 6.20 Å². The van der Waals surface area contributed by atoms with Crippen LogP contribution in [0, 0.1) is 5.92 Å². The smallest absolute Gasteiger partial charge is 0.308 e. The second kappa shape index (κ2) is 6.44. The Morgan fingerprint density at radius 3 is 2.78 bits per heavy atom. The van der Waals surface area contributed by atoms with E-state index in [1.807, 2.05) is 54.6 Å². The van der Waals surface area contributed by atoms with Crippen LogP contribution in [0.2, 0.25) is 0 Å². The van der Waals surface area contributed by atoms with Gasteiger partial charge >= 0.3 is 5.97 Å². The number of carboxylic acid groups (broad SMARTS) is 1. The number of amides is 1. The number of carboxylic acids is 1. The van der Waals surface area contributed by atoms with Crippen molar-refractivity contribution in [3.63, 3.8) is 0 Å². The number of anilines is 1. The van der Waals surface area contributed by atoms with Gasteiger partial charge in [-0.3, -0.25) is 14.6 Å². The van der Waals surface area contributed by atoms with Crippen molar-refractivity contribution >= 4 is 29.7 Å². The van der Waals surface area contributed by atoms with Crippen LogP contribution in [-0.2, 0) is 9.59 Å². The molecule has 0 saturated carbocycles. The number of hydrogen-bond donors (Lipinski definition) is 1. The molecular weight excluding hydrogens is 292 g/mol. The van der Waals surface area contributed by atoms with Gasteiger partial charge in [0.25, 0.3) is 0 Å². The molecule has 1 aliphatic rings.